The monoisotopic (exact) mass is 287 g/mol. The molecule has 0 bridgehead atoms. The molecule has 2 aromatic carbocycles. The number of rotatable bonds is 5. The van der Waals surface area contributed by atoms with E-state index in [1.807, 2.05) is 13.1 Å². The molecular weight excluding hydrogens is 267 g/mol. The summed E-state index contributed by atoms with van der Waals surface area (Å²) < 4.78 is 13.0. The molecule has 0 aliphatic heterocycles. The van der Waals surface area contributed by atoms with Gasteiger partial charge in [-0.2, -0.15) is 0 Å². The molecule has 110 valence electrons. The number of carbonyl (C=O) groups excluding carboxylic acids is 1. The van der Waals surface area contributed by atoms with Gasteiger partial charge in [-0.3, -0.25) is 4.79 Å². The first-order valence-electron chi connectivity index (χ1n) is 6.95. The minimum atomic E-state index is -0.353. The van der Waals surface area contributed by atoms with E-state index in [0.717, 1.165) is 11.4 Å². The Hall–Kier alpha value is -2.20. The summed E-state index contributed by atoms with van der Waals surface area (Å²) in [6.45, 7) is 3.16. The van der Waals surface area contributed by atoms with Crippen LogP contribution >= 0.6 is 0 Å². The number of carbonyl (C=O) groups is 1. The van der Waals surface area contributed by atoms with E-state index < -0.39 is 0 Å². The highest BCUT2D eigenvalue weighted by Crippen LogP contribution is 2.08. The number of benzene rings is 2. The summed E-state index contributed by atoms with van der Waals surface area (Å²) in [7, 11) is 1.97. The zero-order valence-corrected chi connectivity index (χ0v) is 12.3. The number of nitrogens with one attached hydrogen (secondary N) is 2. The van der Waals surface area contributed by atoms with Crippen LogP contribution < -0.4 is 10.2 Å². The quantitative estimate of drug-likeness (QED) is 0.863. The number of quaternary nitrogens is 1. The van der Waals surface area contributed by atoms with E-state index in [4.69, 9.17) is 0 Å². The van der Waals surface area contributed by atoms with Crippen molar-refractivity contribution in [2.24, 2.45) is 0 Å². The summed E-state index contributed by atoms with van der Waals surface area (Å²) in [4.78, 5) is 13.0. The molecule has 0 heterocycles. The van der Waals surface area contributed by atoms with Gasteiger partial charge in [-0.15, -0.1) is 0 Å². The molecule has 4 heteroatoms. The molecule has 2 rings (SSSR count). The van der Waals surface area contributed by atoms with Gasteiger partial charge in [0.25, 0.3) is 5.91 Å². The Kier molecular flexibility index (Phi) is 5.06. The first-order valence-corrected chi connectivity index (χ1v) is 6.95. The van der Waals surface area contributed by atoms with Crippen LogP contribution in [-0.2, 0) is 11.3 Å². The highest BCUT2D eigenvalue weighted by atomic mass is 19.1. The van der Waals surface area contributed by atoms with Crippen LogP contribution in [0.3, 0.4) is 0 Å². The summed E-state index contributed by atoms with van der Waals surface area (Å²) in [6.07, 6.45) is 0. The van der Waals surface area contributed by atoms with E-state index in [1.54, 1.807) is 12.1 Å². The fraction of sp³-hybridized carbons (Fsp3) is 0.235. The van der Waals surface area contributed by atoms with Crippen molar-refractivity contribution < 1.29 is 14.1 Å². The van der Waals surface area contributed by atoms with Crippen LogP contribution in [0.1, 0.15) is 11.1 Å². The Labute approximate surface area is 124 Å². The Morgan fingerprint density at radius 2 is 1.95 bits per heavy atom. The molecule has 1 amide bonds. The third-order valence-electron chi connectivity index (χ3n) is 3.16. The van der Waals surface area contributed by atoms with Crippen molar-refractivity contribution in [1.82, 2.24) is 0 Å². The van der Waals surface area contributed by atoms with Crippen LogP contribution in [-0.4, -0.2) is 19.5 Å². The highest BCUT2D eigenvalue weighted by Gasteiger charge is 2.11. The van der Waals surface area contributed by atoms with Crippen molar-refractivity contribution in [3.63, 3.8) is 0 Å². The highest BCUT2D eigenvalue weighted by molar-refractivity contribution is 5.91. The summed E-state index contributed by atoms with van der Waals surface area (Å²) >= 11 is 0. The maximum atomic E-state index is 13.0. The number of hydrogen-bond acceptors (Lipinski definition) is 1. The van der Waals surface area contributed by atoms with Crippen LogP contribution in [0.25, 0.3) is 0 Å². The van der Waals surface area contributed by atoms with Gasteiger partial charge in [0.1, 0.15) is 12.4 Å². The molecule has 0 radical (unpaired) electrons. The number of amides is 1. The minimum absolute atomic E-state index is 0.120. The van der Waals surface area contributed by atoms with E-state index in [2.05, 4.69) is 30.4 Å². The molecule has 1 unspecified atom stereocenters. The van der Waals surface area contributed by atoms with Crippen LogP contribution in [0.4, 0.5) is 10.1 Å². The lowest BCUT2D eigenvalue weighted by molar-refractivity contribution is -0.885. The predicted molar refractivity (Wildman–Crippen MR) is 81.7 cm³/mol. The standard InChI is InChI=1S/C17H19FN2O/c1-13-5-3-6-14(9-13)11-20(2)12-17(21)19-16-8-4-7-15(18)10-16/h3-10H,11-12H2,1-2H3,(H,19,21)/p+1. The second-order valence-corrected chi connectivity index (χ2v) is 5.36. The van der Waals surface area contributed by atoms with Gasteiger partial charge in [0.2, 0.25) is 0 Å². The van der Waals surface area contributed by atoms with E-state index in [1.165, 1.54) is 23.3 Å². The SMILES string of the molecule is Cc1cccc(C[NH+](C)CC(=O)Nc2cccc(F)c2)c1. The van der Waals surface area contributed by atoms with Gasteiger partial charge >= 0.3 is 0 Å². The van der Waals surface area contributed by atoms with Crippen LogP contribution in [0.2, 0.25) is 0 Å². The zero-order chi connectivity index (χ0) is 15.2. The predicted octanol–water partition coefficient (Wildman–Crippen LogP) is 1.79. The maximum Gasteiger partial charge on any atom is 0.279 e. The lowest BCUT2D eigenvalue weighted by atomic mass is 10.1. The topological polar surface area (TPSA) is 33.5 Å². The molecule has 2 aromatic rings. The third kappa shape index (κ3) is 5.00. The van der Waals surface area contributed by atoms with Crippen molar-refractivity contribution in [3.8, 4) is 0 Å². The van der Waals surface area contributed by atoms with Gasteiger partial charge in [0.05, 0.1) is 7.05 Å². The van der Waals surface area contributed by atoms with Gasteiger partial charge < -0.3 is 10.2 Å². The third-order valence-corrected chi connectivity index (χ3v) is 3.16. The van der Waals surface area contributed by atoms with Gasteiger partial charge in [0.15, 0.2) is 6.54 Å². The van der Waals surface area contributed by atoms with Crippen molar-refractivity contribution in [3.05, 3.63) is 65.5 Å². The normalized spacial score (nSPS) is 12.0. The fourth-order valence-electron chi connectivity index (χ4n) is 2.28. The lowest BCUT2D eigenvalue weighted by Gasteiger charge is -2.14. The molecule has 1 atom stereocenters. The first-order chi connectivity index (χ1) is 10.0. The number of likely N-dealkylation sites (N-methyl/N-ethyl adjacent to an activating group) is 1. The fourth-order valence-corrected chi connectivity index (χ4v) is 2.28. The van der Waals surface area contributed by atoms with E-state index in [9.17, 15) is 9.18 Å². The van der Waals surface area contributed by atoms with Gasteiger partial charge in [0, 0.05) is 11.3 Å². The molecule has 2 N–H and O–H groups in total. The average molecular weight is 287 g/mol. The van der Waals surface area contributed by atoms with Gasteiger partial charge in [-0.1, -0.05) is 35.9 Å². The smallest absolute Gasteiger partial charge is 0.279 e. The number of hydrogen-bond donors (Lipinski definition) is 2. The Morgan fingerprint density at radius 3 is 2.67 bits per heavy atom. The second-order valence-electron chi connectivity index (χ2n) is 5.36. The summed E-state index contributed by atoms with van der Waals surface area (Å²) in [6, 6.07) is 14.2. The zero-order valence-electron chi connectivity index (χ0n) is 12.3. The summed E-state index contributed by atoms with van der Waals surface area (Å²) in [5.74, 6) is -0.473. The molecule has 3 nitrogen and oxygen atoms in total. The van der Waals surface area contributed by atoms with Crippen molar-refractivity contribution in [1.29, 1.82) is 0 Å². The molecule has 0 saturated carbocycles. The van der Waals surface area contributed by atoms with Crippen molar-refractivity contribution >= 4 is 11.6 Å². The summed E-state index contributed by atoms with van der Waals surface area (Å²) in [5.41, 5.74) is 2.90. The van der Waals surface area contributed by atoms with Crippen LogP contribution in [0, 0.1) is 12.7 Å². The van der Waals surface area contributed by atoms with Crippen molar-refractivity contribution in [2.45, 2.75) is 13.5 Å². The lowest BCUT2D eigenvalue weighted by Crippen LogP contribution is -3.08. The van der Waals surface area contributed by atoms with E-state index in [0.29, 0.717) is 12.2 Å². The molecular formula is C17H20FN2O+. The largest absolute Gasteiger partial charge is 0.326 e. The summed E-state index contributed by atoms with van der Waals surface area (Å²) in [5, 5.41) is 2.71. The first kappa shape index (κ1) is 15.2. The second kappa shape index (κ2) is 6.99. The number of aryl methyl sites for hydroxylation is 1. The van der Waals surface area contributed by atoms with Gasteiger partial charge in [-0.05, 0) is 25.1 Å². The molecule has 0 aromatic heterocycles. The maximum absolute atomic E-state index is 13.0. The van der Waals surface area contributed by atoms with E-state index in [-0.39, 0.29) is 11.7 Å². The molecule has 0 aliphatic rings. The Bertz CT molecular complexity index is 628. The molecule has 0 spiro atoms. The molecule has 21 heavy (non-hydrogen) atoms. The Balaban J connectivity index is 1.87. The van der Waals surface area contributed by atoms with Crippen molar-refractivity contribution in [2.75, 3.05) is 18.9 Å². The molecule has 0 saturated heterocycles. The van der Waals surface area contributed by atoms with Crippen LogP contribution in [0.5, 0.6) is 0 Å². The minimum Gasteiger partial charge on any atom is -0.326 e. The average Bonchev–Trinajstić information content (AvgIpc) is 2.38. The molecule has 0 fully saturated rings. The van der Waals surface area contributed by atoms with Gasteiger partial charge in [-0.25, -0.2) is 4.39 Å². The van der Waals surface area contributed by atoms with E-state index >= 15 is 0 Å². The number of halogens is 1. The molecule has 0 aliphatic carbocycles. The van der Waals surface area contributed by atoms with Crippen LogP contribution in [0.15, 0.2) is 48.5 Å². The number of anilines is 1. The Morgan fingerprint density at radius 1 is 1.19 bits per heavy atom.